The molecule has 2 aromatic heterocycles. The Kier molecular flexibility index (Phi) is 5.35. The highest BCUT2D eigenvalue weighted by Crippen LogP contribution is 2.33. The highest BCUT2D eigenvalue weighted by molar-refractivity contribution is 7.14. The number of thiazole rings is 1. The molecule has 0 saturated heterocycles. The van der Waals surface area contributed by atoms with Crippen molar-refractivity contribution in [2.24, 2.45) is 7.05 Å². The number of hydrogen-bond donors (Lipinski definition) is 1. The second-order valence-electron chi connectivity index (χ2n) is 6.23. The van der Waals surface area contributed by atoms with Gasteiger partial charge in [-0.1, -0.05) is 30.3 Å². The lowest BCUT2D eigenvalue weighted by Crippen LogP contribution is -2.20. The Morgan fingerprint density at radius 1 is 1.14 bits per heavy atom. The predicted molar refractivity (Wildman–Crippen MR) is 110 cm³/mol. The Morgan fingerprint density at radius 2 is 1.90 bits per heavy atom. The highest BCUT2D eigenvalue weighted by atomic mass is 32.1. The quantitative estimate of drug-likeness (QED) is 0.514. The number of benzene rings is 2. The van der Waals surface area contributed by atoms with Crippen molar-refractivity contribution in [3.05, 3.63) is 72.0 Å². The van der Waals surface area contributed by atoms with Gasteiger partial charge >= 0.3 is 0 Å². The molecular formula is C21H17FN4O2S. The molecule has 146 valence electrons. The first kappa shape index (κ1) is 18.8. The summed E-state index contributed by atoms with van der Waals surface area (Å²) in [6.07, 6.45) is 1.78. The number of rotatable bonds is 6. The molecule has 4 rings (SSSR count). The Balaban J connectivity index is 1.50. The van der Waals surface area contributed by atoms with Crippen LogP contribution in [-0.2, 0) is 11.8 Å². The summed E-state index contributed by atoms with van der Waals surface area (Å²) in [7, 11) is 1.77. The van der Waals surface area contributed by atoms with Crippen LogP contribution in [0.1, 0.15) is 0 Å². The number of anilines is 1. The SMILES string of the molecule is Cn1cc(-c2csc(NC(=O)COc3ccccc3)n2)c(-c2ccccc2F)n1. The van der Waals surface area contributed by atoms with Gasteiger partial charge in [0.25, 0.3) is 5.91 Å². The van der Waals surface area contributed by atoms with Crippen molar-refractivity contribution in [3.8, 4) is 28.3 Å². The second kappa shape index (κ2) is 8.24. The first-order chi connectivity index (χ1) is 14.1. The topological polar surface area (TPSA) is 69.0 Å². The normalized spacial score (nSPS) is 10.7. The molecular weight excluding hydrogens is 391 g/mol. The van der Waals surface area contributed by atoms with E-state index in [0.717, 1.165) is 0 Å². The van der Waals surface area contributed by atoms with Crippen LogP contribution in [0, 0.1) is 5.82 Å². The highest BCUT2D eigenvalue weighted by Gasteiger charge is 2.18. The maximum Gasteiger partial charge on any atom is 0.264 e. The number of para-hydroxylation sites is 1. The van der Waals surface area contributed by atoms with E-state index in [9.17, 15) is 9.18 Å². The van der Waals surface area contributed by atoms with Crippen molar-refractivity contribution < 1.29 is 13.9 Å². The second-order valence-corrected chi connectivity index (χ2v) is 7.09. The smallest absolute Gasteiger partial charge is 0.264 e. The largest absolute Gasteiger partial charge is 0.484 e. The van der Waals surface area contributed by atoms with Crippen LogP contribution in [0.5, 0.6) is 5.75 Å². The van der Waals surface area contributed by atoms with Crippen LogP contribution in [-0.4, -0.2) is 27.3 Å². The van der Waals surface area contributed by atoms with E-state index in [1.165, 1.54) is 17.4 Å². The molecule has 1 amide bonds. The minimum Gasteiger partial charge on any atom is -0.484 e. The third kappa shape index (κ3) is 4.33. The summed E-state index contributed by atoms with van der Waals surface area (Å²) < 4.78 is 21.3. The molecule has 0 aliphatic rings. The summed E-state index contributed by atoms with van der Waals surface area (Å²) in [5, 5.41) is 9.34. The van der Waals surface area contributed by atoms with Gasteiger partial charge in [0.15, 0.2) is 11.7 Å². The Hall–Kier alpha value is -3.52. The monoisotopic (exact) mass is 408 g/mol. The lowest BCUT2D eigenvalue weighted by atomic mass is 10.1. The Bertz CT molecular complexity index is 1140. The average molecular weight is 408 g/mol. The van der Waals surface area contributed by atoms with Crippen molar-refractivity contribution >= 4 is 22.4 Å². The van der Waals surface area contributed by atoms with Crippen molar-refractivity contribution in [1.29, 1.82) is 0 Å². The van der Waals surface area contributed by atoms with Crippen LogP contribution in [0.25, 0.3) is 22.5 Å². The molecule has 0 fully saturated rings. The minimum absolute atomic E-state index is 0.119. The summed E-state index contributed by atoms with van der Waals surface area (Å²) in [6.45, 7) is -0.119. The van der Waals surface area contributed by atoms with Crippen molar-refractivity contribution in [3.63, 3.8) is 0 Å². The number of hydrogen-bond acceptors (Lipinski definition) is 5. The lowest BCUT2D eigenvalue weighted by Gasteiger charge is -2.05. The molecule has 0 unspecified atom stereocenters. The van der Waals surface area contributed by atoms with Gasteiger partial charge in [0.1, 0.15) is 17.3 Å². The molecule has 6 nitrogen and oxygen atoms in total. The van der Waals surface area contributed by atoms with Gasteiger partial charge in [0.05, 0.1) is 5.69 Å². The zero-order chi connectivity index (χ0) is 20.2. The fourth-order valence-corrected chi connectivity index (χ4v) is 3.53. The van der Waals surface area contributed by atoms with E-state index in [2.05, 4.69) is 15.4 Å². The molecule has 29 heavy (non-hydrogen) atoms. The molecule has 2 heterocycles. The summed E-state index contributed by atoms with van der Waals surface area (Å²) in [6, 6.07) is 15.6. The number of amides is 1. The summed E-state index contributed by atoms with van der Waals surface area (Å²) in [5.41, 5.74) is 2.20. The molecule has 0 saturated carbocycles. The molecule has 0 spiro atoms. The van der Waals surface area contributed by atoms with Gasteiger partial charge in [-0.05, 0) is 24.3 Å². The van der Waals surface area contributed by atoms with Crippen molar-refractivity contribution in [1.82, 2.24) is 14.8 Å². The van der Waals surface area contributed by atoms with Crippen molar-refractivity contribution in [2.75, 3.05) is 11.9 Å². The number of aromatic nitrogens is 3. The third-order valence-corrected chi connectivity index (χ3v) is 4.86. The minimum atomic E-state index is -0.353. The number of carbonyl (C=O) groups is 1. The van der Waals surface area contributed by atoms with Crippen LogP contribution in [0.15, 0.2) is 66.2 Å². The van der Waals surface area contributed by atoms with E-state index in [0.29, 0.717) is 33.4 Å². The molecule has 0 radical (unpaired) electrons. The van der Waals surface area contributed by atoms with Crippen LogP contribution in [0.4, 0.5) is 9.52 Å². The molecule has 4 aromatic rings. The Morgan fingerprint density at radius 3 is 2.69 bits per heavy atom. The zero-order valence-corrected chi connectivity index (χ0v) is 16.3. The number of ether oxygens (including phenoxy) is 1. The zero-order valence-electron chi connectivity index (χ0n) is 15.5. The van der Waals surface area contributed by atoms with Gasteiger partial charge in [-0.2, -0.15) is 5.10 Å². The number of carbonyl (C=O) groups excluding carboxylic acids is 1. The maximum absolute atomic E-state index is 14.2. The number of nitrogens with zero attached hydrogens (tertiary/aromatic N) is 3. The Labute approximate surface area is 170 Å². The van der Waals surface area contributed by atoms with Crippen LogP contribution in [0.3, 0.4) is 0 Å². The van der Waals surface area contributed by atoms with E-state index in [1.54, 1.807) is 53.6 Å². The number of halogens is 1. The molecule has 1 N–H and O–H groups in total. The molecule has 0 aliphatic carbocycles. The number of aryl methyl sites for hydroxylation is 1. The fraction of sp³-hybridized carbons (Fsp3) is 0.0952. The third-order valence-electron chi connectivity index (χ3n) is 4.10. The molecule has 2 aromatic carbocycles. The average Bonchev–Trinajstić information content (AvgIpc) is 3.34. The molecule has 8 heteroatoms. The van der Waals surface area contributed by atoms with E-state index in [-0.39, 0.29) is 18.3 Å². The van der Waals surface area contributed by atoms with Gasteiger partial charge in [-0.15, -0.1) is 11.3 Å². The van der Waals surface area contributed by atoms with Crippen LogP contribution in [0.2, 0.25) is 0 Å². The van der Waals surface area contributed by atoms with E-state index in [4.69, 9.17) is 4.74 Å². The number of nitrogens with one attached hydrogen (secondary N) is 1. The maximum atomic E-state index is 14.2. The summed E-state index contributed by atoms with van der Waals surface area (Å²) in [4.78, 5) is 16.6. The van der Waals surface area contributed by atoms with Crippen LogP contribution < -0.4 is 10.1 Å². The molecule has 0 aliphatic heterocycles. The van der Waals surface area contributed by atoms with Crippen molar-refractivity contribution in [2.45, 2.75) is 0 Å². The standard InChI is InChI=1S/C21H17FN4O2S/c1-26-11-16(20(25-26)15-9-5-6-10-17(15)22)18-13-29-21(23-18)24-19(27)12-28-14-7-3-2-4-8-14/h2-11,13H,12H2,1H3,(H,23,24,27). The molecule has 0 bridgehead atoms. The summed E-state index contributed by atoms with van der Waals surface area (Å²) in [5.74, 6) is -0.0445. The summed E-state index contributed by atoms with van der Waals surface area (Å²) >= 11 is 1.28. The van der Waals surface area contributed by atoms with Gasteiger partial charge in [-0.3, -0.25) is 14.8 Å². The van der Waals surface area contributed by atoms with E-state index < -0.39 is 0 Å². The van der Waals surface area contributed by atoms with Crippen LogP contribution >= 0.6 is 11.3 Å². The van der Waals surface area contributed by atoms with E-state index in [1.807, 2.05) is 18.2 Å². The first-order valence-corrected chi connectivity index (χ1v) is 9.70. The lowest BCUT2D eigenvalue weighted by molar-refractivity contribution is -0.118. The van der Waals surface area contributed by atoms with Gasteiger partial charge < -0.3 is 4.74 Å². The predicted octanol–water partition coefficient (Wildman–Crippen LogP) is 4.37. The first-order valence-electron chi connectivity index (χ1n) is 8.82. The fourth-order valence-electron chi connectivity index (χ4n) is 2.80. The van der Waals surface area contributed by atoms with Gasteiger partial charge in [-0.25, -0.2) is 9.37 Å². The molecule has 0 atom stereocenters. The van der Waals surface area contributed by atoms with Gasteiger partial charge in [0.2, 0.25) is 0 Å². The van der Waals surface area contributed by atoms with Gasteiger partial charge in [0, 0.05) is 29.8 Å². The van der Waals surface area contributed by atoms with E-state index >= 15 is 0 Å².